The number of halogens is 3. The van der Waals surface area contributed by atoms with Crippen LogP contribution in [0.5, 0.6) is 0 Å². The van der Waals surface area contributed by atoms with Crippen LogP contribution in [0, 0.1) is 0 Å². The second-order valence-electron chi connectivity index (χ2n) is 3.62. The summed E-state index contributed by atoms with van der Waals surface area (Å²) in [5.41, 5.74) is -0.0253. The number of ether oxygens (including phenoxy) is 1. The van der Waals surface area contributed by atoms with Gasteiger partial charge in [-0.3, -0.25) is 9.52 Å². The van der Waals surface area contributed by atoms with Gasteiger partial charge >= 0.3 is 18.1 Å². The van der Waals surface area contributed by atoms with Gasteiger partial charge in [0.2, 0.25) is 0 Å². The number of carbonyl (C=O) groups is 2. The molecule has 0 saturated carbocycles. The lowest BCUT2D eigenvalue weighted by Crippen LogP contribution is -2.40. The van der Waals surface area contributed by atoms with Gasteiger partial charge in [0.1, 0.15) is 0 Å². The van der Waals surface area contributed by atoms with Crippen molar-refractivity contribution in [2.75, 3.05) is 7.11 Å². The third-order valence-corrected chi connectivity index (χ3v) is 3.68. The minimum Gasteiger partial charge on any atom is -0.465 e. The van der Waals surface area contributed by atoms with E-state index in [0.29, 0.717) is 0 Å². The van der Waals surface area contributed by atoms with Gasteiger partial charge < -0.3 is 4.74 Å². The quantitative estimate of drug-likeness (QED) is 0.671. The molecule has 1 atom stereocenters. The molecule has 0 aliphatic rings. The number of amides is 1. The van der Waals surface area contributed by atoms with Gasteiger partial charge in [-0.25, -0.2) is 9.00 Å². The first-order valence-electron chi connectivity index (χ1n) is 5.02. The predicted molar refractivity (Wildman–Crippen MR) is 65.5 cm³/mol. The van der Waals surface area contributed by atoms with E-state index in [0.717, 1.165) is 13.2 Å². The molecule has 1 amide bonds. The van der Waals surface area contributed by atoms with E-state index in [1.807, 2.05) is 0 Å². The molecule has 0 aliphatic heterocycles. The molecular weight excluding hydrogens is 299 g/mol. The number of methoxy groups -OCH3 is 1. The number of hydrogen-bond acceptors (Lipinski definition) is 4. The van der Waals surface area contributed by atoms with E-state index in [4.69, 9.17) is 0 Å². The van der Waals surface area contributed by atoms with Crippen LogP contribution in [0.4, 0.5) is 13.2 Å². The molecule has 0 saturated heterocycles. The van der Waals surface area contributed by atoms with Gasteiger partial charge in [0.25, 0.3) is 0 Å². The van der Waals surface area contributed by atoms with Crippen molar-refractivity contribution < 1.29 is 31.7 Å². The summed E-state index contributed by atoms with van der Waals surface area (Å²) in [5.74, 6) is -0.0704. The smallest absolute Gasteiger partial charge is 0.465 e. The van der Waals surface area contributed by atoms with Crippen molar-refractivity contribution in [1.82, 2.24) is 4.72 Å². The molecule has 0 bridgehead atoms. The molecule has 1 N–H and O–H groups in total. The van der Waals surface area contributed by atoms with Crippen LogP contribution in [0.1, 0.15) is 10.4 Å². The Balaban J connectivity index is 3.11. The van der Waals surface area contributed by atoms with E-state index in [1.165, 1.54) is 22.9 Å². The van der Waals surface area contributed by atoms with Gasteiger partial charge in [0.15, 0.2) is 0 Å². The average Bonchev–Trinajstić information content (AvgIpc) is 2.36. The number of rotatable bonds is 3. The Kier molecular flexibility index (Phi) is 4.43. The van der Waals surface area contributed by atoms with E-state index >= 15 is 0 Å². The van der Waals surface area contributed by atoms with E-state index in [2.05, 4.69) is 10.6 Å². The van der Waals surface area contributed by atoms with Crippen molar-refractivity contribution in [3.63, 3.8) is 0 Å². The van der Waals surface area contributed by atoms with Gasteiger partial charge in [0, 0.05) is 0 Å². The summed E-state index contributed by atoms with van der Waals surface area (Å²) in [4.78, 5) is 21.8. The lowest BCUT2D eigenvalue weighted by atomic mass is 10.2. The lowest BCUT2D eigenvalue weighted by molar-refractivity contribution is -0.171. The van der Waals surface area contributed by atoms with Crippen LogP contribution in [0.15, 0.2) is 29.2 Å². The number of esters is 1. The molecule has 9 heteroatoms. The van der Waals surface area contributed by atoms with Crippen LogP contribution in [0.2, 0.25) is 0 Å². The van der Waals surface area contributed by atoms with E-state index < -0.39 is 27.8 Å². The Morgan fingerprint density at radius 1 is 1.35 bits per heavy atom. The Labute approximate surface area is 112 Å². The molecule has 0 spiro atoms. The summed E-state index contributed by atoms with van der Waals surface area (Å²) in [7, 11) is -2.62. The maximum Gasteiger partial charge on any atom is 0.472 e. The minimum atomic E-state index is -5.18. The molecule has 5 nitrogen and oxygen atoms in total. The molecule has 0 aromatic heterocycles. The molecule has 20 heavy (non-hydrogen) atoms. The van der Waals surface area contributed by atoms with Crippen LogP contribution in [0.3, 0.4) is 0 Å². The molecular formula is C11H10F3NO4S. The van der Waals surface area contributed by atoms with Crippen LogP contribution in [0.25, 0.3) is 0 Å². The fourth-order valence-corrected chi connectivity index (χ4v) is 2.36. The van der Waals surface area contributed by atoms with Gasteiger partial charge in [-0.15, -0.1) is 0 Å². The van der Waals surface area contributed by atoms with Gasteiger partial charge in [-0.1, -0.05) is 6.07 Å². The first kappa shape index (κ1) is 16.0. The first-order valence-corrected chi connectivity index (χ1v) is 6.75. The van der Waals surface area contributed by atoms with Gasteiger partial charge in [-0.2, -0.15) is 13.2 Å². The summed E-state index contributed by atoms with van der Waals surface area (Å²) < 4.78 is 54.1. The van der Waals surface area contributed by atoms with Crippen molar-refractivity contribution in [1.29, 1.82) is 0 Å². The zero-order chi connectivity index (χ0) is 15.6. The molecule has 1 unspecified atom stereocenters. The summed E-state index contributed by atoms with van der Waals surface area (Å²) in [6.45, 7) is 0. The molecule has 0 aliphatic carbocycles. The van der Waals surface area contributed by atoms with Crippen molar-refractivity contribution in [3.05, 3.63) is 29.8 Å². The Bertz CT molecular complexity index is 637. The molecule has 1 aromatic rings. The summed E-state index contributed by atoms with van der Waals surface area (Å²) >= 11 is 0. The Morgan fingerprint density at radius 2 is 1.95 bits per heavy atom. The monoisotopic (exact) mass is 309 g/mol. The first-order chi connectivity index (χ1) is 9.08. The normalized spacial score (nSPS) is 14.2. The number of hydrogen-bond donors (Lipinski definition) is 1. The van der Waals surface area contributed by atoms with Crippen LogP contribution in [-0.4, -0.2) is 35.2 Å². The molecule has 0 radical (unpaired) electrons. The zero-order valence-corrected chi connectivity index (χ0v) is 11.0. The van der Waals surface area contributed by atoms with Crippen LogP contribution in [-0.2, 0) is 19.2 Å². The Hall–Kier alpha value is -2.03. The van der Waals surface area contributed by atoms with E-state index in [-0.39, 0.29) is 10.5 Å². The largest absolute Gasteiger partial charge is 0.472 e. The van der Waals surface area contributed by atoms with Gasteiger partial charge in [-0.05, 0) is 24.1 Å². The van der Waals surface area contributed by atoms with Gasteiger partial charge in [0.05, 0.1) is 27.3 Å². The van der Waals surface area contributed by atoms with Crippen molar-refractivity contribution in [3.8, 4) is 0 Å². The molecule has 0 heterocycles. The minimum absolute atomic E-state index is 0.0253. The molecule has 110 valence electrons. The van der Waals surface area contributed by atoms with Crippen molar-refractivity contribution in [2.24, 2.45) is 0 Å². The second-order valence-corrected chi connectivity index (χ2v) is 5.65. The number of benzene rings is 1. The second kappa shape index (κ2) is 5.53. The Morgan fingerprint density at radius 3 is 2.45 bits per heavy atom. The highest BCUT2D eigenvalue weighted by atomic mass is 32.2. The fourth-order valence-electron chi connectivity index (χ4n) is 1.21. The fraction of sp³-hybridized carbons (Fsp3) is 0.182. The molecule has 1 rings (SSSR count). The van der Waals surface area contributed by atoms with Crippen molar-refractivity contribution >= 4 is 27.5 Å². The summed E-state index contributed by atoms with van der Waals surface area (Å²) in [6, 6.07) is 4.82. The standard InChI is InChI=1S/C11H10F3NO4S/c1-19-9(16)7-4-3-5-8(6-7)20(2,18)15-10(17)11(12,13)14/h3-6H,2H2,1H3,(H,15,17,18). The van der Waals surface area contributed by atoms with Crippen LogP contribution < -0.4 is 4.72 Å². The number of nitrogens with one attached hydrogen (secondary N) is 1. The number of carbonyl (C=O) groups excluding carboxylic acids is 2. The number of alkyl halides is 3. The average molecular weight is 309 g/mol. The highest BCUT2D eigenvalue weighted by Gasteiger charge is 2.40. The van der Waals surface area contributed by atoms with Crippen molar-refractivity contribution in [2.45, 2.75) is 11.1 Å². The zero-order valence-electron chi connectivity index (χ0n) is 10.2. The topological polar surface area (TPSA) is 72.5 Å². The summed E-state index contributed by atoms with van der Waals surface area (Å²) in [5, 5.41) is 0. The maximum atomic E-state index is 12.1. The maximum absolute atomic E-state index is 12.1. The predicted octanol–water partition coefficient (Wildman–Crippen LogP) is 1.14. The van der Waals surface area contributed by atoms with E-state index in [1.54, 1.807) is 0 Å². The summed E-state index contributed by atoms with van der Waals surface area (Å²) in [6.07, 6.45) is -5.18. The highest BCUT2D eigenvalue weighted by molar-refractivity contribution is 7.99. The third kappa shape index (κ3) is 3.73. The molecule has 0 fully saturated rings. The lowest BCUT2D eigenvalue weighted by Gasteiger charge is -2.13. The van der Waals surface area contributed by atoms with E-state index in [9.17, 15) is 27.0 Å². The highest BCUT2D eigenvalue weighted by Crippen LogP contribution is 2.17. The SMILES string of the molecule is C=S(=O)(NC(=O)C(F)(F)F)c1cccc(C(=O)OC)c1. The molecule has 1 aromatic carbocycles. The van der Waals surface area contributed by atoms with Crippen LogP contribution >= 0.6 is 0 Å². The third-order valence-electron chi connectivity index (χ3n) is 2.15.